The molecule has 1 aliphatic rings. The molecule has 1 aliphatic carbocycles. The standard InChI is InChI=1S/C21H25ClN2O3S2/c1-2-29(26,27)14-18-12-13-19(28-18)20(15-8-10-17(22)11-9-15)23-24-21(25)16-6-4-3-5-7-16/h8-13,16H,2-7,14H2,1H3,(H,24,25). The van der Waals surface area contributed by atoms with Crippen molar-refractivity contribution >= 4 is 44.4 Å². The quantitative estimate of drug-likeness (QED) is 0.485. The third-order valence-electron chi connectivity index (χ3n) is 5.07. The highest BCUT2D eigenvalue weighted by Crippen LogP contribution is 2.25. The largest absolute Gasteiger partial charge is 0.273 e. The van der Waals surface area contributed by atoms with Crippen molar-refractivity contribution in [3.63, 3.8) is 0 Å². The molecule has 0 aliphatic heterocycles. The number of hydrogen-bond acceptors (Lipinski definition) is 5. The van der Waals surface area contributed by atoms with Crippen molar-refractivity contribution < 1.29 is 13.2 Å². The van der Waals surface area contributed by atoms with Gasteiger partial charge in [-0.2, -0.15) is 5.10 Å². The van der Waals surface area contributed by atoms with Crippen LogP contribution in [0, 0.1) is 5.92 Å². The van der Waals surface area contributed by atoms with Crippen LogP contribution in [0.25, 0.3) is 0 Å². The Balaban J connectivity index is 1.86. The number of halogens is 1. The Morgan fingerprint density at radius 3 is 2.48 bits per heavy atom. The SMILES string of the molecule is CCS(=O)(=O)Cc1ccc(C(=NNC(=O)C2CCCCC2)c2ccc(Cl)cc2)s1. The lowest BCUT2D eigenvalue weighted by molar-refractivity contribution is -0.125. The lowest BCUT2D eigenvalue weighted by Gasteiger charge is -2.19. The van der Waals surface area contributed by atoms with Gasteiger partial charge in [-0.25, -0.2) is 13.8 Å². The summed E-state index contributed by atoms with van der Waals surface area (Å²) in [5.74, 6) is 0.0702. The van der Waals surface area contributed by atoms with Crippen molar-refractivity contribution in [1.82, 2.24) is 5.43 Å². The van der Waals surface area contributed by atoms with Crippen molar-refractivity contribution in [2.75, 3.05) is 5.75 Å². The summed E-state index contributed by atoms with van der Waals surface area (Å²) in [6.07, 6.45) is 5.13. The van der Waals surface area contributed by atoms with E-state index >= 15 is 0 Å². The molecule has 1 aromatic carbocycles. The highest BCUT2D eigenvalue weighted by molar-refractivity contribution is 7.90. The summed E-state index contributed by atoms with van der Waals surface area (Å²) >= 11 is 7.39. The molecule has 0 radical (unpaired) electrons. The van der Waals surface area contributed by atoms with Gasteiger partial charge in [0, 0.05) is 27.1 Å². The van der Waals surface area contributed by atoms with E-state index in [0.717, 1.165) is 41.0 Å². The van der Waals surface area contributed by atoms with Crippen molar-refractivity contribution in [2.45, 2.75) is 44.8 Å². The molecule has 2 aromatic rings. The minimum absolute atomic E-state index is 0.00700. The number of benzene rings is 1. The third-order valence-corrected chi connectivity index (χ3v) is 8.23. The number of thiophene rings is 1. The lowest BCUT2D eigenvalue weighted by atomic mass is 9.89. The van der Waals surface area contributed by atoms with Crippen molar-refractivity contribution in [2.24, 2.45) is 11.0 Å². The van der Waals surface area contributed by atoms with Crippen LogP contribution in [0.3, 0.4) is 0 Å². The second-order valence-corrected chi connectivity index (χ2v) is 11.2. The van der Waals surface area contributed by atoms with Gasteiger partial charge in [-0.1, -0.05) is 49.9 Å². The van der Waals surface area contributed by atoms with Gasteiger partial charge < -0.3 is 0 Å². The molecule has 1 saturated carbocycles. The number of carbonyl (C=O) groups excluding carboxylic acids is 1. The molecule has 5 nitrogen and oxygen atoms in total. The van der Waals surface area contributed by atoms with E-state index in [1.165, 1.54) is 17.8 Å². The Bertz CT molecular complexity index is 976. The predicted octanol–water partition coefficient (Wildman–Crippen LogP) is 4.79. The monoisotopic (exact) mass is 452 g/mol. The number of hydrazone groups is 1. The van der Waals surface area contributed by atoms with Crippen LogP contribution in [0.4, 0.5) is 0 Å². The van der Waals surface area contributed by atoms with Crippen LogP contribution in [-0.4, -0.2) is 25.8 Å². The second-order valence-electron chi connectivity index (χ2n) is 7.22. The number of sulfone groups is 1. The van der Waals surface area contributed by atoms with Gasteiger partial charge in [0.1, 0.15) is 5.71 Å². The molecule has 1 fully saturated rings. The Labute approximate surface area is 181 Å². The normalized spacial score (nSPS) is 16.0. The molecular weight excluding hydrogens is 428 g/mol. The van der Waals surface area contributed by atoms with Crippen LogP contribution < -0.4 is 5.43 Å². The maximum atomic E-state index is 12.5. The van der Waals surface area contributed by atoms with Crippen molar-refractivity contribution in [3.05, 3.63) is 56.7 Å². The lowest BCUT2D eigenvalue weighted by Crippen LogP contribution is -2.29. The minimum Gasteiger partial charge on any atom is -0.273 e. The molecule has 0 unspecified atom stereocenters. The third kappa shape index (κ3) is 6.14. The van der Waals surface area contributed by atoms with Crippen LogP contribution in [0.2, 0.25) is 5.02 Å². The summed E-state index contributed by atoms with van der Waals surface area (Å²) in [6.45, 7) is 1.64. The molecule has 0 saturated heterocycles. The van der Waals surface area contributed by atoms with Crippen LogP contribution in [0.1, 0.15) is 54.3 Å². The first-order valence-corrected chi connectivity index (χ1v) is 12.8. The van der Waals surface area contributed by atoms with Gasteiger partial charge in [0.2, 0.25) is 5.91 Å². The second kappa shape index (κ2) is 9.87. The summed E-state index contributed by atoms with van der Waals surface area (Å²) in [5, 5.41) is 5.05. The fourth-order valence-electron chi connectivity index (χ4n) is 3.34. The molecule has 0 bridgehead atoms. The molecule has 1 heterocycles. The predicted molar refractivity (Wildman–Crippen MR) is 119 cm³/mol. The number of nitrogens with one attached hydrogen (secondary N) is 1. The van der Waals surface area contributed by atoms with E-state index in [4.69, 9.17) is 11.6 Å². The molecule has 3 rings (SSSR count). The molecule has 0 atom stereocenters. The number of carbonyl (C=O) groups is 1. The van der Waals surface area contributed by atoms with E-state index in [0.29, 0.717) is 10.7 Å². The van der Waals surface area contributed by atoms with Gasteiger partial charge in [-0.15, -0.1) is 11.3 Å². The van der Waals surface area contributed by atoms with E-state index < -0.39 is 9.84 Å². The molecule has 1 N–H and O–H groups in total. The molecular formula is C21H25ClN2O3S2. The van der Waals surface area contributed by atoms with Crippen LogP contribution in [0.15, 0.2) is 41.5 Å². The highest BCUT2D eigenvalue weighted by atomic mass is 35.5. The average Bonchev–Trinajstić information content (AvgIpc) is 3.17. The van der Waals surface area contributed by atoms with E-state index in [1.807, 2.05) is 24.3 Å². The van der Waals surface area contributed by atoms with Gasteiger partial charge in [0.25, 0.3) is 0 Å². The van der Waals surface area contributed by atoms with Gasteiger partial charge in [0.05, 0.1) is 10.6 Å². The summed E-state index contributed by atoms with van der Waals surface area (Å²) in [7, 11) is -3.11. The minimum atomic E-state index is -3.11. The molecule has 0 spiro atoms. The van der Waals surface area contributed by atoms with Crippen molar-refractivity contribution in [1.29, 1.82) is 0 Å². The first kappa shape index (κ1) is 22.0. The summed E-state index contributed by atoms with van der Waals surface area (Å²) in [5.41, 5.74) is 4.15. The Morgan fingerprint density at radius 1 is 1.14 bits per heavy atom. The zero-order chi connectivity index (χ0) is 20.9. The van der Waals surface area contributed by atoms with Gasteiger partial charge in [-0.05, 0) is 37.1 Å². The van der Waals surface area contributed by atoms with Gasteiger partial charge >= 0.3 is 0 Å². The van der Waals surface area contributed by atoms with Crippen molar-refractivity contribution in [3.8, 4) is 0 Å². The maximum absolute atomic E-state index is 12.5. The molecule has 29 heavy (non-hydrogen) atoms. The number of amides is 1. The van der Waals surface area contributed by atoms with Gasteiger partial charge in [-0.3, -0.25) is 4.79 Å². The Hall–Kier alpha value is -1.70. The summed E-state index contributed by atoms with van der Waals surface area (Å²) < 4.78 is 23.9. The molecule has 1 aromatic heterocycles. The average molecular weight is 453 g/mol. The first-order valence-electron chi connectivity index (χ1n) is 9.81. The first-order chi connectivity index (χ1) is 13.9. The fourth-order valence-corrected chi connectivity index (χ4v) is 5.79. The van der Waals surface area contributed by atoms with Crippen LogP contribution >= 0.6 is 22.9 Å². The molecule has 8 heteroatoms. The van der Waals surface area contributed by atoms with E-state index in [-0.39, 0.29) is 23.3 Å². The number of nitrogens with zero attached hydrogens (tertiary/aromatic N) is 1. The fraction of sp³-hybridized carbons (Fsp3) is 0.429. The van der Waals surface area contributed by atoms with E-state index in [2.05, 4.69) is 10.5 Å². The van der Waals surface area contributed by atoms with Gasteiger partial charge in [0.15, 0.2) is 9.84 Å². The molecule has 1 amide bonds. The maximum Gasteiger partial charge on any atom is 0.243 e. The van der Waals surface area contributed by atoms with Crippen LogP contribution in [0.5, 0.6) is 0 Å². The zero-order valence-corrected chi connectivity index (χ0v) is 18.7. The van der Waals surface area contributed by atoms with E-state index in [1.54, 1.807) is 19.1 Å². The Morgan fingerprint density at radius 2 is 1.83 bits per heavy atom. The Kier molecular flexibility index (Phi) is 7.49. The summed E-state index contributed by atoms with van der Waals surface area (Å²) in [6, 6.07) is 10.9. The number of hydrogen-bond donors (Lipinski definition) is 1. The molecule has 156 valence electrons. The smallest absolute Gasteiger partial charge is 0.243 e. The van der Waals surface area contributed by atoms with Crippen LogP contribution in [-0.2, 0) is 20.4 Å². The number of rotatable bonds is 7. The zero-order valence-electron chi connectivity index (χ0n) is 16.4. The van der Waals surface area contributed by atoms with E-state index in [9.17, 15) is 13.2 Å². The topological polar surface area (TPSA) is 75.6 Å². The highest BCUT2D eigenvalue weighted by Gasteiger charge is 2.21. The summed E-state index contributed by atoms with van der Waals surface area (Å²) in [4.78, 5) is 14.1.